The molecule has 2 aromatic heterocycles. The zero-order valence-corrected chi connectivity index (χ0v) is 17.5. The van der Waals surface area contributed by atoms with E-state index in [9.17, 15) is 18.0 Å². The van der Waals surface area contributed by atoms with E-state index in [0.29, 0.717) is 20.9 Å². The molecular weight excluding hydrogens is 447 g/mol. The Labute approximate surface area is 184 Å². The number of hydrogen-bond donors (Lipinski definition) is 1. The maximum absolute atomic E-state index is 13.7. The molecule has 1 amide bonds. The van der Waals surface area contributed by atoms with Crippen LogP contribution >= 0.6 is 11.6 Å². The molecule has 2 heterocycles. The molecule has 4 aromatic rings. The normalized spacial score (nSPS) is 11.6. The molecule has 4 rings (SSSR count). The van der Waals surface area contributed by atoms with Crippen molar-refractivity contribution >= 4 is 29.0 Å². The molecule has 1 N–H and O–H groups in total. The van der Waals surface area contributed by atoms with Crippen molar-refractivity contribution < 1.29 is 22.7 Å². The van der Waals surface area contributed by atoms with Gasteiger partial charge in [0.05, 0.1) is 18.5 Å². The van der Waals surface area contributed by atoms with Gasteiger partial charge in [-0.25, -0.2) is 4.98 Å². The molecule has 0 saturated heterocycles. The predicted molar refractivity (Wildman–Crippen MR) is 112 cm³/mol. The molecule has 0 spiro atoms. The summed E-state index contributed by atoms with van der Waals surface area (Å²) < 4.78 is 46.8. The van der Waals surface area contributed by atoms with E-state index >= 15 is 0 Å². The number of fused-ring (bicyclic) bond motifs is 1. The lowest BCUT2D eigenvalue weighted by Crippen LogP contribution is -2.16. The average molecular weight is 462 g/mol. The molecule has 0 aliphatic heterocycles. The van der Waals surface area contributed by atoms with Gasteiger partial charge in [0.25, 0.3) is 11.7 Å². The number of hydrogen-bond acceptors (Lipinski definition) is 5. The second kappa shape index (κ2) is 8.12. The van der Waals surface area contributed by atoms with Gasteiger partial charge in [-0.15, -0.1) is 5.10 Å². The first-order valence-electron chi connectivity index (χ1n) is 9.22. The summed E-state index contributed by atoms with van der Waals surface area (Å²) in [5.74, 6) is -1.40. The lowest BCUT2D eigenvalue weighted by molar-refractivity contribution is -0.142. The number of carbonyl (C=O) groups excluding carboxylic acids is 1. The van der Waals surface area contributed by atoms with E-state index in [2.05, 4.69) is 20.4 Å². The monoisotopic (exact) mass is 461 g/mol. The molecule has 164 valence electrons. The number of nitrogens with one attached hydrogen (secondary N) is 1. The summed E-state index contributed by atoms with van der Waals surface area (Å²) in [5, 5.41) is 6.56. The van der Waals surface area contributed by atoms with Gasteiger partial charge >= 0.3 is 6.18 Å². The fourth-order valence-electron chi connectivity index (χ4n) is 2.99. The highest BCUT2D eigenvalue weighted by Crippen LogP contribution is 2.32. The summed E-state index contributed by atoms with van der Waals surface area (Å²) in [7, 11) is 1.40. The van der Waals surface area contributed by atoms with E-state index in [1.54, 1.807) is 30.3 Å². The Bertz CT molecular complexity index is 1320. The number of benzene rings is 2. The molecule has 32 heavy (non-hydrogen) atoms. The third kappa shape index (κ3) is 4.22. The fourth-order valence-corrected chi connectivity index (χ4v) is 3.17. The van der Waals surface area contributed by atoms with Crippen LogP contribution in [0.1, 0.15) is 21.9 Å². The SMILES string of the molecule is COc1ccc(Cl)cc1NC(=O)c1nc2nc(-c3ccc(C)cc3)cc(C(F)(F)F)n2n1. The Balaban J connectivity index is 1.78. The molecule has 0 aliphatic carbocycles. The van der Waals surface area contributed by atoms with Crippen LogP contribution in [-0.2, 0) is 6.18 Å². The van der Waals surface area contributed by atoms with Gasteiger partial charge in [-0.2, -0.15) is 22.7 Å². The van der Waals surface area contributed by atoms with Crippen molar-refractivity contribution in [3.05, 3.63) is 70.6 Å². The highest BCUT2D eigenvalue weighted by atomic mass is 35.5. The van der Waals surface area contributed by atoms with Crippen molar-refractivity contribution in [2.45, 2.75) is 13.1 Å². The number of anilines is 1. The average Bonchev–Trinajstić information content (AvgIpc) is 3.17. The Morgan fingerprint density at radius 3 is 2.47 bits per heavy atom. The second-order valence-electron chi connectivity index (χ2n) is 6.84. The highest BCUT2D eigenvalue weighted by molar-refractivity contribution is 6.31. The topological polar surface area (TPSA) is 81.4 Å². The van der Waals surface area contributed by atoms with Gasteiger partial charge in [0.2, 0.25) is 5.82 Å². The van der Waals surface area contributed by atoms with Crippen LogP contribution in [0.5, 0.6) is 5.75 Å². The van der Waals surface area contributed by atoms with Gasteiger partial charge in [-0.3, -0.25) is 4.79 Å². The van der Waals surface area contributed by atoms with Crippen molar-refractivity contribution in [3.8, 4) is 17.0 Å². The van der Waals surface area contributed by atoms with E-state index < -0.39 is 23.6 Å². The third-order valence-electron chi connectivity index (χ3n) is 4.56. The molecule has 7 nitrogen and oxygen atoms in total. The Morgan fingerprint density at radius 1 is 1.09 bits per heavy atom. The number of carbonyl (C=O) groups is 1. The van der Waals surface area contributed by atoms with E-state index in [-0.39, 0.29) is 17.2 Å². The second-order valence-corrected chi connectivity index (χ2v) is 7.27. The summed E-state index contributed by atoms with van der Waals surface area (Å²) in [5.41, 5.74) is 0.587. The Morgan fingerprint density at radius 2 is 1.81 bits per heavy atom. The van der Waals surface area contributed by atoms with Crippen LogP contribution < -0.4 is 10.1 Å². The van der Waals surface area contributed by atoms with Crippen LogP contribution in [0, 0.1) is 6.92 Å². The smallest absolute Gasteiger partial charge is 0.433 e. The Hall–Kier alpha value is -3.66. The summed E-state index contributed by atoms with van der Waals surface area (Å²) in [6.45, 7) is 1.86. The van der Waals surface area contributed by atoms with Gasteiger partial charge in [0.15, 0.2) is 5.69 Å². The van der Waals surface area contributed by atoms with Crippen LogP contribution in [0.25, 0.3) is 17.0 Å². The van der Waals surface area contributed by atoms with E-state index in [0.717, 1.165) is 11.6 Å². The number of alkyl halides is 3. The van der Waals surface area contributed by atoms with Crippen molar-refractivity contribution in [2.75, 3.05) is 12.4 Å². The number of aromatic nitrogens is 4. The summed E-state index contributed by atoms with van der Waals surface area (Å²) in [6, 6.07) is 12.2. The maximum atomic E-state index is 13.7. The van der Waals surface area contributed by atoms with Crippen molar-refractivity contribution in [1.82, 2.24) is 19.6 Å². The van der Waals surface area contributed by atoms with E-state index in [1.165, 1.54) is 19.2 Å². The zero-order valence-electron chi connectivity index (χ0n) is 16.7. The van der Waals surface area contributed by atoms with Gasteiger partial charge < -0.3 is 10.1 Å². The first kappa shape index (κ1) is 21.6. The van der Waals surface area contributed by atoms with Crippen LogP contribution in [0.3, 0.4) is 0 Å². The minimum absolute atomic E-state index is 0.0562. The lowest BCUT2D eigenvalue weighted by Gasteiger charge is -2.10. The van der Waals surface area contributed by atoms with Crippen molar-refractivity contribution in [1.29, 1.82) is 0 Å². The molecule has 0 radical (unpaired) electrons. The number of halogens is 4. The lowest BCUT2D eigenvalue weighted by atomic mass is 10.1. The van der Waals surface area contributed by atoms with Gasteiger partial charge in [-0.1, -0.05) is 41.4 Å². The van der Waals surface area contributed by atoms with Crippen molar-refractivity contribution in [3.63, 3.8) is 0 Å². The standard InChI is InChI=1S/C21H15ClF3N5O2/c1-11-3-5-12(6-4-11)14-10-17(21(23,24)25)30-20(27-14)28-18(29-30)19(31)26-15-9-13(22)7-8-16(15)32-2/h3-10H,1-2H3,(H,26,31). The number of aryl methyl sites for hydroxylation is 1. The number of nitrogens with zero attached hydrogens (tertiary/aromatic N) is 4. The van der Waals surface area contributed by atoms with E-state index in [1.807, 2.05) is 6.92 Å². The summed E-state index contributed by atoms with van der Waals surface area (Å²) >= 11 is 5.95. The Kier molecular flexibility index (Phi) is 5.47. The van der Waals surface area contributed by atoms with Gasteiger partial charge in [-0.05, 0) is 31.2 Å². The maximum Gasteiger partial charge on any atom is 0.433 e. The molecule has 2 aromatic carbocycles. The molecule has 0 unspecified atom stereocenters. The quantitative estimate of drug-likeness (QED) is 0.461. The van der Waals surface area contributed by atoms with Crippen LogP contribution in [0.15, 0.2) is 48.5 Å². The number of ether oxygens (including phenoxy) is 1. The van der Waals surface area contributed by atoms with Crippen LogP contribution in [-0.4, -0.2) is 32.6 Å². The molecule has 11 heteroatoms. The molecule has 0 atom stereocenters. The zero-order chi connectivity index (χ0) is 23.0. The molecule has 0 aliphatic rings. The van der Waals surface area contributed by atoms with Crippen molar-refractivity contribution in [2.24, 2.45) is 0 Å². The fraction of sp³-hybridized carbons (Fsp3) is 0.143. The number of rotatable bonds is 4. The largest absolute Gasteiger partial charge is 0.495 e. The first-order valence-corrected chi connectivity index (χ1v) is 9.60. The van der Waals surface area contributed by atoms with Gasteiger partial charge in [0.1, 0.15) is 5.75 Å². The summed E-state index contributed by atoms with van der Waals surface area (Å²) in [6.07, 6.45) is -4.75. The highest BCUT2D eigenvalue weighted by Gasteiger charge is 2.36. The van der Waals surface area contributed by atoms with Gasteiger partial charge in [0, 0.05) is 10.6 Å². The van der Waals surface area contributed by atoms with Crippen LogP contribution in [0.4, 0.5) is 18.9 Å². The van der Waals surface area contributed by atoms with Crippen LogP contribution in [0.2, 0.25) is 5.02 Å². The number of amides is 1. The number of methoxy groups -OCH3 is 1. The molecular formula is C21H15ClF3N5O2. The molecule has 0 fully saturated rings. The molecule has 0 saturated carbocycles. The first-order chi connectivity index (χ1) is 15.2. The minimum atomic E-state index is -4.75. The van der Waals surface area contributed by atoms with E-state index in [4.69, 9.17) is 16.3 Å². The molecule has 0 bridgehead atoms. The summed E-state index contributed by atoms with van der Waals surface area (Å²) in [4.78, 5) is 20.7. The third-order valence-corrected chi connectivity index (χ3v) is 4.80. The minimum Gasteiger partial charge on any atom is -0.495 e. The predicted octanol–water partition coefficient (Wildman–Crippen LogP) is 5.03.